The molecule has 1 saturated carbocycles. The first-order valence-corrected chi connectivity index (χ1v) is 6.29. The van der Waals surface area contributed by atoms with E-state index >= 15 is 0 Å². The summed E-state index contributed by atoms with van der Waals surface area (Å²) in [5, 5.41) is 12.8. The number of nitrogen functional groups attached to an aromatic ring is 1. The van der Waals surface area contributed by atoms with E-state index in [1.807, 2.05) is 13.0 Å². The fourth-order valence-corrected chi connectivity index (χ4v) is 2.26. The van der Waals surface area contributed by atoms with Gasteiger partial charge in [-0.2, -0.15) is 0 Å². The molecule has 94 valence electrons. The van der Waals surface area contributed by atoms with Gasteiger partial charge in [0.1, 0.15) is 5.82 Å². The Bertz CT molecular complexity index is 373. The van der Waals surface area contributed by atoms with Gasteiger partial charge in [0.25, 0.3) is 0 Å². The molecule has 1 fully saturated rings. The molecule has 2 rings (SSSR count). The number of rotatable bonds is 3. The molecule has 4 heteroatoms. The molecule has 4 nitrogen and oxygen atoms in total. The molecule has 0 amide bonds. The van der Waals surface area contributed by atoms with E-state index in [1.165, 1.54) is 0 Å². The highest BCUT2D eigenvalue weighted by atomic mass is 16.3. The van der Waals surface area contributed by atoms with Crippen LogP contribution in [0.5, 0.6) is 0 Å². The fraction of sp³-hybridized carbons (Fsp3) is 0.615. The Hall–Kier alpha value is -1.29. The number of nitrogens with two attached hydrogens (primary N) is 1. The topological polar surface area (TPSA) is 71.2 Å². The summed E-state index contributed by atoms with van der Waals surface area (Å²) in [6, 6.07) is 1.98. The average molecular weight is 235 g/mol. The Kier molecular flexibility index (Phi) is 3.84. The average Bonchev–Trinajstić information content (AvgIpc) is 2.33. The summed E-state index contributed by atoms with van der Waals surface area (Å²) >= 11 is 0. The largest absolute Gasteiger partial charge is 0.397 e. The van der Waals surface area contributed by atoms with Crippen LogP contribution in [0.25, 0.3) is 0 Å². The summed E-state index contributed by atoms with van der Waals surface area (Å²) in [6.45, 7) is 2.92. The lowest BCUT2D eigenvalue weighted by Gasteiger charge is -2.25. The predicted octanol–water partition coefficient (Wildman–Crippen LogP) is 1.94. The van der Waals surface area contributed by atoms with Crippen LogP contribution >= 0.6 is 0 Å². The number of aryl methyl sites for hydroxylation is 1. The standard InChI is InChI=1S/C13H21N3O/c1-9-6-13(16-8-12(9)14)15-7-10-2-4-11(17)5-3-10/h6,8,10-11,17H,2-5,7,14H2,1H3,(H,15,16). The maximum Gasteiger partial charge on any atom is 0.126 e. The van der Waals surface area contributed by atoms with Gasteiger partial charge in [0.2, 0.25) is 0 Å². The van der Waals surface area contributed by atoms with Crippen LogP contribution in [-0.4, -0.2) is 22.7 Å². The lowest BCUT2D eigenvalue weighted by molar-refractivity contribution is 0.111. The number of anilines is 2. The number of hydrogen-bond acceptors (Lipinski definition) is 4. The second-order valence-electron chi connectivity index (χ2n) is 4.98. The van der Waals surface area contributed by atoms with Crippen LogP contribution in [-0.2, 0) is 0 Å². The highest BCUT2D eigenvalue weighted by Gasteiger charge is 2.18. The van der Waals surface area contributed by atoms with E-state index in [0.717, 1.165) is 49.3 Å². The van der Waals surface area contributed by atoms with Crippen molar-refractivity contribution in [3.05, 3.63) is 17.8 Å². The molecule has 1 heterocycles. The zero-order valence-electron chi connectivity index (χ0n) is 10.3. The van der Waals surface area contributed by atoms with Crippen molar-refractivity contribution in [3.63, 3.8) is 0 Å². The number of aliphatic hydroxyl groups is 1. The highest BCUT2D eigenvalue weighted by Crippen LogP contribution is 2.24. The molecular weight excluding hydrogens is 214 g/mol. The molecule has 1 aromatic heterocycles. The first-order valence-electron chi connectivity index (χ1n) is 6.29. The normalized spacial score (nSPS) is 24.6. The fourth-order valence-electron chi connectivity index (χ4n) is 2.26. The van der Waals surface area contributed by atoms with Gasteiger partial charge >= 0.3 is 0 Å². The second-order valence-corrected chi connectivity index (χ2v) is 4.98. The Morgan fingerprint density at radius 3 is 2.76 bits per heavy atom. The highest BCUT2D eigenvalue weighted by molar-refractivity contribution is 5.50. The molecule has 0 aliphatic heterocycles. The lowest BCUT2D eigenvalue weighted by Crippen LogP contribution is -2.23. The summed E-state index contributed by atoms with van der Waals surface area (Å²) in [5.41, 5.74) is 7.51. The monoisotopic (exact) mass is 235 g/mol. The van der Waals surface area contributed by atoms with E-state index in [9.17, 15) is 5.11 Å². The maximum atomic E-state index is 9.43. The molecule has 1 aliphatic carbocycles. The Morgan fingerprint density at radius 1 is 1.41 bits per heavy atom. The van der Waals surface area contributed by atoms with Gasteiger partial charge in [0.05, 0.1) is 18.0 Å². The smallest absolute Gasteiger partial charge is 0.126 e. The van der Waals surface area contributed by atoms with Gasteiger partial charge in [-0.05, 0) is 50.2 Å². The second kappa shape index (κ2) is 5.36. The third kappa shape index (κ3) is 3.33. The Morgan fingerprint density at radius 2 is 2.12 bits per heavy atom. The molecule has 0 saturated heterocycles. The predicted molar refractivity (Wildman–Crippen MR) is 69.8 cm³/mol. The minimum Gasteiger partial charge on any atom is -0.397 e. The van der Waals surface area contributed by atoms with Crippen LogP contribution in [0.4, 0.5) is 11.5 Å². The van der Waals surface area contributed by atoms with Gasteiger partial charge in [-0.1, -0.05) is 0 Å². The third-order valence-electron chi connectivity index (χ3n) is 3.54. The van der Waals surface area contributed by atoms with E-state index in [-0.39, 0.29) is 6.10 Å². The number of hydrogen-bond donors (Lipinski definition) is 3. The number of aliphatic hydroxyl groups excluding tert-OH is 1. The van der Waals surface area contributed by atoms with E-state index in [1.54, 1.807) is 6.20 Å². The third-order valence-corrected chi connectivity index (χ3v) is 3.54. The van der Waals surface area contributed by atoms with Crippen LogP contribution in [0.2, 0.25) is 0 Å². The molecule has 17 heavy (non-hydrogen) atoms. The van der Waals surface area contributed by atoms with Gasteiger partial charge in [-0.15, -0.1) is 0 Å². The quantitative estimate of drug-likeness (QED) is 0.748. The van der Waals surface area contributed by atoms with E-state index in [2.05, 4.69) is 10.3 Å². The molecule has 0 atom stereocenters. The van der Waals surface area contributed by atoms with Crippen LogP contribution < -0.4 is 11.1 Å². The molecule has 0 aromatic carbocycles. The maximum absolute atomic E-state index is 9.43. The lowest BCUT2D eigenvalue weighted by atomic mass is 9.87. The molecule has 1 aliphatic rings. The van der Waals surface area contributed by atoms with Gasteiger partial charge in [0.15, 0.2) is 0 Å². The first kappa shape index (κ1) is 12.2. The number of pyridine rings is 1. The molecule has 4 N–H and O–H groups in total. The van der Waals surface area contributed by atoms with Crippen LogP contribution in [0.3, 0.4) is 0 Å². The number of nitrogens with one attached hydrogen (secondary N) is 1. The van der Waals surface area contributed by atoms with E-state index < -0.39 is 0 Å². The zero-order chi connectivity index (χ0) is 12.3. The summed E-state index contributed by atoms with van der Waals surface area (Å²) in [6.07, 6.45) is 5.68. The molecule has 0 bridgehead atoms. The van der Waals surface area contributed by atoms with Crippen molar-refractivity contribution in [2.75, 3.05) is 17.6 Å². The molecule has 0 spiro atoms. The van der Waals surface area contributed by atoms with E-state index in [0.29, 0.717) is 5.92 Å². The number of nitrogens with zero attached hydrogens (tertiary/aromatic N) is 1. The van der Waals surface area contributed by atoms with Gasteiger partial charge in [-0.25, -0.2) is 4.98 Å². The minimum atomic E-state index is -0.0804. The number of aromatic nitrogens is 1. The van der Waals surface area contributed by atoms with Gasteiger partial charge in [-0.3, -0.25) is 0 Å². The van der Waals surface area contributed by atoms with Crippen molar-refractivity contribution in [3.8, 4) is 0 Å². The summed E-state index contributed by atoms with van der Waals surface area (Å²) in [5.74, 6) is 1.54. The van der Waals surface area contributed by atoms with Gasteiger partial charge in [0, 0.05) is 6.54 Å². The molecule has 1 aromatic rings. The van der Waals surface area contributed by atoms with Crippen molar-refractivity contribution in [2.45, 2.75) is 38.7 Å². The van der Waals surface area contributed by atoms with Crippen molar-refractivity contribution in [1.82, 2.24) is 4.98 Å². The summed E-state index contributed by atoms with van der Waals surface area (Å²) < 4.78 is 0. The van der Waals surface area contributed by atoms with Crippen LogP contribution in [0.1, 0.15) is 31.2 Å². The summed E-state index contributed by atoms with van der Waals surface area (Å²) in [7, 11) is 0. The minimum absolute atomic E-state index is 0.0804. The molecular formula is C13H21N3O. The van der Waals surface area contributed by atoms with Crippen molar-refractivity contribution < 1.29 is 5.11 Å². The van der Waals surface area contributed by atoms with Gasteiger partial charge < -0.3 is 16.2 Å². The van der Waals surface area contributed by atoms with E-state index in [4.69, 9.17) is 5.73 Å². The van der Waals surface area contributed by atoms with Crippen molar-refractivity contribution >= 4 is 11.5 Å². The van der Waals surface area contributed by atoms with Crippen LogP contribution in [0.15, 0.2) is 12.3 Å². The molecule has 0 radical (unpaired) electrons. The van der Waals surface area contributed by atoms with Crippen LogP contribution in [0, 0.1) is 12.8 Å². The zero-order valence-corrected chi connectivity index (χ0v) is 10.3. The molecule has 0 unspecified atom stereocenters. The Balaban J connectivity index is 1.83. The van der Waals surface area contributed by atoms with Crippen molar-refractivity contribution in [1.29, 1.82) is 0 Å². The Labute approximate surface area is 102 Å². The van der Waals surface area contributed by atoms with Crippen molar-refractivity contribution in [2.24, 2.45) is 5.92 Å². The SMILES string of the molecule is Cc1cc(NCC2CCC(O)CC2)ncc1N. The summed E-state index contributed by atoms with van der Waals surface area (Å²) in [4.78, 5) is 4.25. The first-order chi connectivity index (χ1) is 8.15.